The first kappa shape index (κ1) is 15.0. The van der Waals surface area contributed by atoms with E-state index in [0.717, 1.165) is 16.9 Å². The molecule has 0 bridgehead atoms. The lowest BCUT2D eigenvalue weighted by atomic mass is 10.1. The fraction of sp³-hybridized carbons (Fsp3) is 0.250. The molecule has 0 fully saturated rings. The van der Waals surface area contributed by atoms with Gasteiger partial charge in [0.2, 0.25) is 5.91 Å². The van der Waals surface area contributed by atoms with Crippen LogP contribution in [-0.4, -0.2) is 25.0 Å². The van der Waals surface area contributed by atoms with Crippen LogP contribution in [-0.2, 0) is 17.8 Å². The van der Waals surface area contributed by atoms with Gasteiger partial charge in [-0.3, -0.25) is 4.79 Å². The van der Waals surface area contributed by atoms with Crippen LogP contribution in [0.4, 0.5) is 10.2 Å². The van der Waals surface area contributed by atoms with Crippen LogP contribution in [0.15, 0.2) is 42.6 Å². The van der Waals surface area contributed by atoms with E-state index in [4.69, 9.17) is 0 Å². The molecule has 1 N–H and O–H groups in total. The predicted molar refractivity (Wildman–Crippen MR) is 80.5 cm³/mol. The summed E-state index contributed by atoms with van der Waals surface area (Å²) in [7, 11) is 3.82. The van der Waals surface area contributed by atoms with Crippen LogP contribution in [0.3, 0.4) is 0 Å². The van der Waals surface area contributed by atoms with Gasteiger partial charge in [0.15, 0.2) is 0 Å². The number of carbonyl (C=O) groups excluding carboxylic acids is 1. The standard InChI is InChI=1S/C16H18FN3O/c1-20(2)16-13(4-3-9-18-16)11-19-15(21)10-12-5-7-14(17)8-6-12/h3-9H,10-11H2,1-2H3,(H,19,21). The minimum Gasteiger partial charge on any atom is -0.362 e. The average Bonchev–Trinajstić information content (AvgIpc) is 2.48. The number of nitrogens with zero attached hydrogens (tertiary/aromatic N) is 2. The molecule has 0 aliphatic heterocycles. The Bertz CT molecular complexity index is 611. The Hall–Kier alpha value is -2.43. The number of rotatable bonds is 5. The molecule has 2 aromatic rings. The molecule has 0 aliphatic carbocycles. The van der Waals surface area contributed by atoms with Crippen LogP contribution in [0, 0.1) is 5.82 Å². The number of carbonyl (C=O) groups is 1. The molecule has 0 unspecified atom stereocenters. The molecule has 0 saturated carbocycles. The molecule has 1 heterocycles. The Morgan fingerprint density at radius 1 is 1.24 bits per heavy atom. The van der Waals surface area contributed by atoms with Gasteiger partial charge in [0, 0.05) is 32.4 Å². The third-order valence-corrected chi connectivity index (χ3v) is 3.05. The molecule has 1 aromatic heterocycles. The van der Waals surface area contributed by atoms with E-state index in [1.807, 2.05) is 31.1 Å². The van der Waals surface area contributed by atoms with Gasteiger partial charge in [-0.2, -0.15) is 0 Å². The van der Waals surface area contributed by atoms with Gasteiger partial charge in [0.25, 0.3) is 0 Å². The Morgan fingerprint density at radius 3 is 2.62 bits per heavy atom. The second kappa shape index (κ2) is 6.83. The first-order valence-corrected chi connectivity index (χ1v) is 6.68. The molecule has 4 nitrogen and oxygen atoms in total. The second-order valence-corrected chi connectivity index (χ2v) is 4.96. The molecule has 0 spiro atoms. The topological polar surface area (TPSA) is 45.2 Å². The van der Waals surface area contributed by atoms with E-state index in [9.17, 15) is 9.18 Å². The summed E-state index contributed by atoms with van der Waals surface area (Å²) in [6.07, 6.45) is 1.96. The molecule has 1 aromatic carbocycles. The van der Waals surface area contributed by atoms with Crippen LogP contribution >= 0.6 is 0 Å². The van der Waals surface area contributed by atoms with Crippen molar-refractivity contribution in [2.75, 3.05) is 19.0 Å². The van der Waals surface area contributed by atoms with Crippen LogP contribution in [0.5, 0.6) is 0 Å². The number of aromatic nitrogens is 1. The Morgan fingerprint density at radius 2 is 1.95 bits per heavy atom. The van der Waals surface area contributed by atoms with E-state index in [0.29, 0.717) is 6.54 Å². The fourth-order valence-electron chi connectivity index (χ4n) is 2.01. The summed E-state index contributed by atoms with van der Waals surface area (Å²) >= 11 is 0. The van der Waals surface area contributed by atoms with Crippen LogP contribution in [0.25, 0.3) is 0 Å². The largest absolute Gasteiger partial charge is 0.362 e. The average molecular weight is 287 g/mol. The fourth-order valence-corrected chi connectivity index (χ4v) is 2.01. The lowest BCUT2D eigenvalue weighted by molar-refractivity contribution is -0.120. The van der Waals surface area contributed by atoms with Crippen LogP contribution in [0.1, 0.15) is 11.1 Å². The molecule has 0 saturated heterocycles. The molecule has 110 valence electrons. The van der Waals surface area contributed by atoms with E-state index < -0.39 is 0 Å². The number of anilines is 1. The van der Waals surface area contributed by atoms with Crippen molar-refractivity contribution >= 4 is 11.7 Å². The number of nitrogens with one attached hydrogen (secondary N) is 1. The van der Waals surface area contributed by atoms with Crippen LogP contribution in [0.2, 0.25) is 0 Å². The maximum absolute atomic E-state index is 12.8. The van der Waals surface area contributed by atoms with E-state index in [1.165, 1.54) is 12.1 Å². The minimum absolute atomic E-state index is 0.102. The smallest absolute Gasteiger partial charge is 0.224 e. The van der Waals surface area contributed by atoms with E-state index in [2.05, 4.69) is 10.3 Å². The SMILES string of the molecule is CN(C)c1ncccc1CNC(=O)Cc1ccc(F)cc1. The zero-order valence-corrected chi connectivity index (χ0v) is 12.1. The van der Waals surface area contributed by atoms with Gasteiger partial charge in [-0.05, 0) is 23.8 Å². The normalized spacial score (nSPS) is 10.2. The van der Waals surface area contributed by atoms with Crippen molar-refractivity contribution in [3.8, 4) is 0 Å². The van der Waals surface area contributed by atoms with Gasteiger partial charge in [-0.1, -0.05) is 18.2 Å². The van der Waals surface area contributed by atoms with Gasteiger partial charge in [0.05, 0.1) is 6.42 Å². The van der Waals surface area contributed by atoms with Gasteiger partial charge in [0.1, 0.15) is 11.6 Å². The number of amides is 1. The van der Waals surface area contributed by atoms with Gasteiger partial charge >= 0.3 is 0 Å². The zero-order chi connectivity index (χ0) is 15.2. The van der Waals surface area contributed by atoms with E-state index in [-0.39, 0.29) is 18.1 Å². The highest BCUT2D eigenvalue weighted by Crippen LogP contribution is 2.13. The first-order chi connectivity index (χ1) is 10.1. The monoisotopic (exact) mass is 287 g/mol. The number of hydrogen-bond acceptors (Lipinski definition) is 3. The molecule has 2 rings (SSSR count). The van der Waals surface area contributed by atoms with Crippen molar-refractivity contribution in [1.82, 2.24) is 10.3 Å². The van der Waals surface area contributed by atoms with Crippen molar-refractivity contribution in [2.24, 2.45) is 0 Å². The van der Waals surface area contributed by atoms with Gasteiger partial charge in [-0.25, -0.2) is 9.37 Å². The van der Waals surface area contributed by atoms with Crippen LogP contribution < -0.4 is 10.2 Å². The first-order valence-electron chi connectivity index (χ1n) is 6.68. The molecule has 0 radical (unpaired) electrons. The molecule has 1 amide bonds. The highest BCUT2D eigenvalue weighted by molar-refractivity contribution is 5.78. The summed E-state index contributed by atoms with van der Waals surface area (Å²) in [5, 5.41) is 2.86. The summed E-state index contributed by atoms with van der Waals surface area (Å²) in [6.45, 7) is 0.418. The number of benzene rings is 1. The summed E-state index contributed by atoms with van der Waals surface area (Å²) in [6, 6.07) is 9.71. The zero-order valence-electron chi connectivity index (χ0n) is 12.1. The highest BCUT2D eigenvalue weighted by atomic mass is 19.1. The summed E-state index contributed by atoms with van der Waals surface area (Å²) in [4.78, 5) is 18.1. The quantitative estimate of drug-likeness (QED) is 0.916. The number of halogens is 1. The van der Waals surface area contributed by atoms with Crippen molar-refractivity contribution < 1.29 is 9.18 Å². The van der Waals surface area contributed by atoms with E-state index >= 15 is 0 Å². The lowest BCUT2D eigenvalue weighted by Crippen LogP contribution is -2.26. The molecule has 5 heteroatoms. The molecular weight excluding hydrogens is 269 g/mol. The molecule has 0 atom stereocenters. The summed E-state index contributed by atoms with van der Waals surface area (Å²) in [5.74, 6) is 0.430. The molecular formula is C16H18FN3O. The maximum Gasteiger partial charge on any atom is 0.224 e. The van der Waals surface area contributed by atoms with Crippen molar-refractivity contribution in [1.29, 1.82) is 0 Å². The second-order valence-electron chi connectivity index (χ2n) is 4.96. The summed E-state index contributed by atoms with van der Waals surface area (Å²) < 4.78 is 12.8. The van der Waals surface area contributed by atoms with Gasteiger partial charge in [-0.15, -0.1) is 0 Å². The highest BCUT2D eigenvalue weighted by Gasteiger charge is 2.08. The van der Waals surface area contributed by atoms with Crippen molar-refractivity contribution in [3.05, 3.63) is 59.5 Å². The Labute approximate surface area is 123 Å². The van der Waals surface area contributed by atoms with Crippen molar-refractivity contribution in [3.63, 3.8) is 0 Å². The number of pyridine rings is 1. The lowest BCUT2D eigenvalue weighted by Gasteiger charge is -2.16. The molecule has 0 aliphatic rings. The third kappa shape index (κ3) is 4.27. The van der Waals surface area contributed by atoms with Gasteiger partial charge < -0.3 is 10.2 Å². The Balaban J connectivity index is 1.94. The molecule has 21 heavy (non-hydrogen) atoms. The van der Waals surface area contributed by atoms with E-state index in [1.54, 1.807) is 18.3 Å². The maximum atomic E-state index is 12.8. The third-order valence-electron chi connectivity index (χ3n) is 3.05. The van der Waals surface area contributed by atoms with Crippen molar-refractivity contribution in [2.45, 2.75) is 13.0 Å². The minimum atomic E-state index is -0.301. The summed E-state index contributed by atoms with van der Waals surface area (Å²) in [5.41, 5.74) is 1.74. The Kier molecular flexibility index (Phi) is 4.87. The predicted octanol–water partition coefficient (Wildman–Crippen LogP) is 2.15. The number of hydrogen-bond donors (Lipinski definition) is 1.